The molecule has 2 saturated carbocycles. The number of pyridine rings is 1. The van der Waals surface area contributed by atoms with Crippen LogP contribution >= 0.6 is 11.3 Å². The van der Waals surface area contributed by atoms with Crippen molar-refractivity contribution in [2.45, 2.75) is 62.9 Å². The summed E-state index contributed by atoms with van der Waals surface area (Å²) in [6.45, 7) is 1.64. The summed E-state index contributed by atoms with van der Waals surface area (Å²) in [6, 6.07) is 4.46. The number of fused-ring (bicyclic) bond motifs is 1. The third kappa shape index (κ3) is 4.57. The third-order valence-corrected chi connectivity index (χ3v) is 8.18. The van der Waals surface area contributed by atoms with Gasteiger partial charge in [-0.15, -0.1) is 11.3 Å². The van der Waals surface area contributed by atoms with E-state index in [1.165, 1.54) is 29.5 Å². The predicted molar refractivity (Wildman–Crippen MR) is 141 cm³/mol. The molecule has 0 radical (unpaired) electrons. The van der Waals surface area contributed by atoms with E-state index in [0.29, 0.717) is 34.4 Å². The van der Waals surface area contributed by atoms with E-state index in [2.05, 4.69) is 25.6 Å². The largest absolute Gasteiger partial charge is 0.389 e. The Morgan fingerprint density at radius 1 is 1.08 bits per heavy atom. The number of hydrogen-bond acceptors (Lipinski definition) is 10. The fourth-order valence-electron chi connectivity index (χ4n) is 4.90. The second-order valence-corrected chi connectivity index (χ2v) is 10.9. The van der Waals surface area contributed by atoms with Gasteiger partial charge in [0.15, 0.2) is 0 Å². The van der Waals surface area contributed by atoms with Crippen LogP contribution < -0.4 is 16.4 Å². The first-order valence-corrected chi connectivity index (χ1v) is 13.3. The minimum Gasteiger partial charge on any atom is -0.389 e. The van der Waals surface area contributed by atoms with Crippen LogP contribution in [0, 0.1) is 18.6 Å². The number of halogens is 2. The zero-order valence-electron chi connectivity index (χ0n) is 20.5. The molecule has 38 heavy (non-hydrogen) atoms. The standard InChI is InChI=1S/C26H27F2N7O2S/c1-11-19(25-34-21-18(38-25)7-8-30-20(21)12-5-6-12)24(33-17-9-16(29)22(36)23(17)37)35-26(32-11)31-10-13-14(27)3-2-4-15(13)28/h2-4,7-8,12,16-17,22-23,36-37H,5-6,9-10,29H2,1H3,(H2,31,32,33,35)/t16-,17+,22+,23-/m0/s1. The molecule has 0 spiro atoms. The van der Waals surface area contributed by atoms with E-state index in [1.54, 1.807) is 13.1 Å². The Labute approximate surface area is 221 Å². The van der Waals surface area contributed by atoms with Crippen LogP contribution in [0.3, 0.4) is 0 Å². The molecule has 0 aliphatic heterocycles. The minimum atomic E-state index is -1.10. The van der Waals surface area contributed by atoms with Crippen LogP contribution in [0.5, 0.6) is 0 Å². The quantitative estimate of drug-likeness (QED) is 0.239. The van der Waals surface area contributed by atoms with Crippen molar-refractivity contribution in [1.82, 2.24) is 19.9 Å². The molecule has 0 bridgehead atoms. The van der Waals surface area contributed by atoms with Crippen LogP contribution in [0.2, 0.25) is 0 Å². The topological polar surface area (TPSA) is 142 Å². The van der Waals surface area contributed by atoms with E-state index in [9.17, 15) is 19.0 Å². The van der Waals surface area contributed by atoms with Crippen LogP contribution in [-0.4, -0.2) is 54.4 Å². The number of nitrogens with one attached hydrogen (secondary N) is 2. The summed E-state index contributed by atoms with van der Waals surface area (Å²) in [7, 11) is 0. The second kappa shape index (κ2) is 9.77. The van der Waals surface area contributed by atoms with Crippen molar-refractivity contribution in [1.29, 1.82) is 0 Å². The van der Waals surface area contributed by atoms with Gasteiger partial charge in [-0.25, -0.2) is 18.7 Å². The van der Waals surface area contributed by atoms with Gasteiger partial charge >= 0.3 is 0 Å². The van der Waals surface area contributed by atoms with Gasteiger partial charge in [-0.3, -0.25) is 4.98 Å². The van der Waals surface area contributed by atoms with Crippen molar-refractivity contribution in [2.24, 2.45) is 5.73 Å². The zero-order chi connectivity index (χ0) is 26.6. The number of rotatable bonds is 7. The molecule has 4 atom stereocenters. The first-order chi connectivity index (χ1) is 18.3. The minimum absolute atomic E-state index is 0.126. The lowest BCUT2D eigenvalue weighted by molar-refractivity contribution is 0.0322. The molecule has 2 aliphatic rings. The average Bonchev–Trinajstić information content (AvgIpc) is 3.59. The molecule has 3 aromatic heterocycles. The molecule has 2 fully saturated rings. The van der Waals surface area contributed by atoms with Gasteiger partial charge in [0.25, 0.3) is 0 Å². The Kier molecular flexibility index (Phi) is 6.42. The number of benzene rings is 1. The van der Waals surface area contributed by atoms with Crippen molar-refractivity contribution in [3.05, 3.63) is 59.0 Å². The SMILES string of the molecule is Cc1nc(NCc2c(F)cccc2F)nc(N[C@@H]2C[C@H](N)[C@@H](O)[C@H]2O)c1-c1nc2c(C3CC3)nccc2s1. The summed E-state index contributed by atoms with van der Waals surface area (Å²) >= 11 is 1.49. The molecule has 6 rings (SSSR count). The van der Waals surface area contributed by atoms with Gasteiger partial charge in [0, 0.05) is 30.3 Å². The van der Waals surface area contributed by atoms with Crippen molar-refractivity contribution >= 4 is 33.3 Å². The van der Waals surface area contributed by atoms with Gasteiger partial charge in [0.05, 0.1) is 33.8 Å². The van der Waals surface area contributed by atoms with Crippen molar-refractivity contribution < 1.29 is 19.0 Å². The van der Waals surface area contributed by atoms with Gasteiger partial charge in [-0.1, -0.05) is 6.07 Å². The van der Waals surface area contributed by atoms with Gasteiger partial charge in [-0.05, 0) is 44.4 Å². The van der Waals surface area contributed by atoms with Crippen LogP contribution in [0.15, 0.2) is 30.5 Å². The van der Waals surface area contributed by atoms with Crippen molar-refractivity contribution in [2.75, 3.05) is 10.6 Å². The molecule has 3 heterocycles. The molecule has 9 nitrogen and oxygen atoms in total. The maximum atomic E-state index is 14.2. The van der Waals surface area contributed by atoms with Gasteiger partial charge in [0.1, 0.15) is 34.1 Å². The van der Waals surface area contributed by atoms with E-state index in [4.69, 9.17) is 10.7 Å². The number of aromatic nitrogens is 4. The molecule has 0 saturated heterocycles. The number of hydrogen-bond donors (Lipinski definition) is 5. The zero-order valence-corrected chi connectivity index (χ0v) is 21.3. The van der Waals surface area contributed by atoms with Gasteiger partial charge < -0.3 is 26.6 Å². The number of anilines is 2. The lowest BCUT2D eigenvalue weighted by Gasteiger charge is -2.21. The molecule has 6 N–H and O–H groups in total. The number of aliphatic hydroxyl groups excluding tert-OH is 2. The Morgan fingerprint density at radius 3 is 2.53 bits per heavy atom. The molecule has 12 heteroatoms. The average molecular weight is 540 g/mol. The van der Waals surface area contributed by atoms with Gasteiger partial charge in [0.2, 0.25) is 5.95 Å². The normalized spacial score (nSPS) is 23.2. The Bertz CT molecular complexity index is 1490. The summed E-state index contributed by atoms with van der Waals surface area (Å²) in [5.74, 6) is -0.397. The van der Waals surface area contributed by atoms with Gasteiger partial charge in [-0.2, -0.15) is 4.98 Å². The van der Waals surface area contributed by atoms with Crippen molar-refractivity contribution in [3.63, 3.8) is 0 Å². The lowest BCUT2D eigenvalue weighted by Crippen LogP contribution is -2.38. The number of aryl methyl sites for hydroxylation is 1. The number of thiazole rings is 1. The van der Waals surface area contributed by atoms with Crippen LogP contribution in [0.25, 0.3) is 20.8 Å². The first-order valence-electron chi connectivity index (χ1n) is 12.5. The molecule has 0 amide bonds. The molecule has 0 unspecified atom stereocenters. The second-order valence-electron chi connectivity index (χ2n) is 9.88. The van der Waals surface area contributed by atoms with E-state index in [-0.39, 0.29) is 18.1 Å². The summed E-state index contributed by atoms with van der Waals surface area (Å²) in [4.78, 5) is 18.6. The Balaban J connectivity index is 1.39. The summed E-state index contributed by atoms with van der Waals surface area (Å²) < 4.78 is 29.3. The predicted octanol–water partition coefficient (Wildman–Crippen LogP) is 3.46. The maximum absolute atomic E-state index is 14.2. The highest BCUT2D eigenvalue weighted by Crippen LogP contribution is 2.44. The molecule has 4 aromatic rings. The number of nitrogens with zero attached hydrogens (tertiary/aromatic N) is 4. The molecule has 2 aliphatic carbocycles. The highest BCUT2D eigenvalue weighted by molar-refractivity contribution is 7.21. The van der Waals surface area contributed by atoms with E-state index < -0.39 is 35.9 Å². The Hall–Kier alpha value is -3.32. The van der Waals surface area contributed by atoms with Crippen LogP contribution in [0.4, 0.5) is 20.5 Å². The fourth-order valence-corrected chi connectivity index (χ4v) is 5.97. The Morgan fingerprint density at radius 2 is 1.84 bits per heavy atom. The third-order valence-electron chi connectivity index (χ3n) is 7.14. The van der Waals surface area contributed by atoms with Crippen LogP contribution in [-0.2, 0) is 6.54 Å². The summed E-state index contributed by atoms with van der Waals surface area (Å²) in [5, 5.41) is 27.6. The number of aliphatic hydroxyl groups is 2. The monoisotopic (exact) mass is 539 g/mol. The fraction of sp³-hybridized carbons (Fsp3) is 0.385. The molecule has 198 valence electrons. The number of nitrogens with two attached hydrogens (primary N) is 1. The van der Waals surface area contributed by atoms with Crippen LogP contribution in [0.1, 0.15) is 42.1 Å². The molecule has 1 aromatic carbocycles. The van der Waals surface area contributed by atoms with Crippen molar-refractivity contribution in [3.8, 4) is 10.6 Å². The highest BCUT2D eigenvalue weighted by Gasteiger charge is 2.40. The maximum Gasteiger partial charge on any atom is 0.225 e. The summed E-state index contributed by atoms with van der Waals surface area (Å²) in [5.41, 5.74) is 8.92. The molecular weight excluding hydrogens is 512 g/mol. The molecular formula is C26H27F2N7O2S. The highest BCUT2D eigenvalue weighted by atomic mass is 32.1. The van der Waals surface area contributed by atoms with E-state index in [0.717, 1.165) is 28.8 Å². The van der Waals surface area contributed by atoms with E-state index >= 15 is 0 Å². The summed E-state index contributed by atoms with van der Waals surface area (Å²) in [6.07, 6.45) is 2.14. The smallest absolute Gasteiger partial charge is 0.225 e. The first kappa shape index (κ1) is 25.0. The van der Waals surface area contributed by atoms with E-state index in [1.807, 2.05) is 6.07 Å². The lowest BCUT2D eigenvalue weighted by atomic mass is 10.1.